The van der Waals surface area contributed by atoms with Gasteiger partial charge < -0.3 is 4.57 Å². The fourth-order valence-corrected chi connectivity index (χ4v) is 2.66. The van der Waals surface area contributed by atoms with Crippen LogP contribution in [0.25, 0.3) is 33.8 Å². The molecule has 3 aromatic heterocycles. The van der Waals surface area contributed by atoms with Crippen molar-refractivity contribution >= 4 is 11.2 Å². The maximum Gasteiger partial charge on any atom is 0.164 e. The number of imidazole rings is 1. The number of nitrogens with one attached hydrogen (secondary N) is 1. The van der Waals surface area contributed by atoms with Crippen LogP contribution in [0, 0.1) is 0 Å². The Morgan fingerprint density at radius 3 is 2.79 bits per heavy atom. The molecule has 0 saturated heterocycles. The average Bonchev–Trinajstić information content (AvgIpc) is 3.25. The number of hydrogen-bond acceptors (Lipinski definition) is 5. The summed E-state index contributed by atoms with van der Waals surface area (Å²) in [5.74, 6) is 0.718. The Morgan fingerprint density at radius 1 is 1.12 bits per heavy atom. The van der Waals surface area contributed by atoms with Gasteiger partial charge >= 0.3 is 0 Å². The molecule has 1 N–H and O–H groups in total. The second-order valence-electron chi connectivity index (χ2n) is 5.64. The number of hydrogen-bond donors (Lipinski definition) is 1. The lowest BCUT2D eigenvalue weighted by atomic mass is 10.1. The molecule has 0 bridgehead atoms. The van der Waals surface area contributed by atoms with Crippen molar-refractivity contribution in [2.45, 2.75) is 13.5 Å². The summed E-state index contributed by atoms with van der Waals surface area (Å²) in [7, 11) is 0. The van der Waals surface area contributed by atoms with Gasteiger partial charge in [0, 0.05) is 17.7 Å². The molecule has 3 heterocycles. The second kappa shape index (κ2) is 5.69. The SMILES string of the molecule is C=C(C)Cn1cnc2c(-c3cccc(-c4ncn[nH]4)c3)ncnc21. The summed E-state index contributed by atoms with van der Waals surface area (Å²) in [5.41, 5.74) is 5.31. The molecule has 0 amide bonds. The maximum absolute atomic E-state index is 4.50. The van der Waals surface area contributed by atoms with Crippen molar-refractivity contribution in [1.82, 2.24) is 34.7 Å². The van der Waals surface area contributed by atoms with E-state index in [2.05, 4.69) is 36.7 Å². The quantitative estimate of drug-likeness (QED) is 0.585. The standard InChI is InChI=1S/C17H15N7/c1-11(2)7-24-10-21-15-14(18-8-20-17(15)24)12-4-3-5-13(6-12)16-19-9-22-23-16/h3-6,8-10H,1,7H2,2H3,(H,19,22,23). The highest BCUT2D eigenvalue weighted by Gasteiger charge is 2.13. The van der Waals surface area contributed by atoms with Gasteiger partial charge in [0.25, 0.3) is 0 Å². The number of nitrogens with zero attached hydrogens (tertiary/aromatic N) is 6. The van der Waals surface area contributed by atoms with Crippen LogP contribution in [-0.2, 0) is 6.54 Å². The van der Waals surface area contributed by atoms with E-state index in [-0.39, 0.29) is 0 Å². The first kappa shape index (κ1) is 14.3. The van der Waals surface area contributed by atoms with E-state index in [1.807, 2.05) is 35.8 Å². The zero-order chi connectivity index (χ0) is 16.5. The minimum absolute atomic E-state index is 0.686. The minimum atomic E-state index is 0.686. The highest BCUT2D eigenvalue weighted by atomic mass is 15.2. The number of benzene rings is 1. The Labute approximate surface area is 138 Å². The lowest BCUT2D eigenvalue weighted by Crippen LogP contribution is -1.98. The first-order valence-corrected chi connectivity index (χ1v) is 7.49. The van der Waals surface area contributed by atoms with E-state index in [0.29, 0.717) is 6.54 Å². The lowest BCUT2D eigenvalue weighted by Gasteiger charge is -2.05. The molecule has 4 rings (SSSR count). The summed E-state index contributed by atoms with van der Waals surface area (Å²) in [6, 6.07) is 7.95. The molecule has 7 nitrogen and oxygen atoms in total. The number of aromatic nitrogens is 7. The van der Waals surface area contributed by atoms with Crippen LogP contribution < -0.4 is 0 Å². The van der Waals surface area contributed by atoms with Crippen LogP contribution in [0.4, 0.5) is 0 Å². The first-order valence-electron chi connectivity index (χ1n) is 7.49. The van der Waals surface area contributed by atoms with Gasteiger partial charge in [-0.25, -0.2) is 19.9 Å². The fourth-order valence-electron chi connectivity index (χ4n) is 2.66. The predicted molar refractivity (Wildman–Crippen MR) is 90.9 cm³/mol. The van der Waals surface area contributed by atoms with Crippen molar-refractivity contribution in [3.63, 3.8) is 0 Å². The van der Waals surface area contributed by atoms with Crippen molar-refractivity contribution in [1.29, 1.82) is 0 Å². The van der Waals surface area contributed by atoms with E-state index in [1.54, 1.807) is 12.7 Å². The number of fused-ring (bicyclic) bond motifs is 1. The Hall–Kier alpha value is -3.35. The Balaban J connectivity index is 1.84. The van der Waals surface area contributed by atoms with Crippen LogP contribution in [0.15, 0.2) is 55.4 Å². The first-order chi connectivity index (χ1) is 11.7. The third-order valence-corrected chi connectivity index (χ3v) is 3.67. The second-order valence-corrected chi connectivity index (χ2v) is 5.64. The predicted octanol–water partition coefficient (Wildman–Crippen LogP) is 2.85. The van der Waals surface area contributed by atoms with Gasteiger partial charge in [-0.1, -0.05) is 30.4 Å². The highest BCUT2D eigenvalue weighted by Crippen LogP contribution is 2.27. The summed E-state index contributed by atoms with van der Waals surface area (Å²) in [4.78, 5) is 17.5. The van der Waals surface area contributed by atoms with E-state index < -0.39 is 0 Å². The van der Waals surface area contributed by atoms with Gasteiger partial charge in [0.2, 0.25) is 0 Å². The molecule has 0 fully saturated rings. The van der Waals surface area contributed by atoms with Gasteiger partial charge in [-0.15, -0.1) is 0 Å². The zero-order valence-corrected chi connectivity index (χ0v) is 13.1. The number of allylic oxidation sites excluding steroid dienone is 1. The molecule has 0 atom stereocenters. The van der Waals surface area contributed by atoms with Crippen LogP contribution in [0.5, 0.6) is 0 Å². The van der Waals surface area contributed by atoms with Crippen molar-refractivity contribution in [3.05, 3.63) is 55.4 Å². The van der Waals surface area contributed by atoms with Gasteiger partial charge in [-0.2, -0.15) is 5.10 Å². The van der Waals surface area contributed by atoms with Crippen molar-refractivity contribution in [2.24, 2.45) is 0 Å². The normalized spacial score (nSPS) is 11.0. The Kier molecular flexibility index (Phi) is 3.38. The molecule has 0 aliphatic rings. The topological polar surface area (TPSA) is 85.2 Å². The van der Waals surface area contributed by atoms with Crippen LogP contribution in [-0.4, -0.2) is 34.7 Å². The van der Waals surface area contributed by atoms with Crippen LogP contribution in [0.3, 0.4) is 0 Å². The Morgan fingerprint density at radius 2 is 2.00 bits per heavy atom. The third kappa shape index (κ3) is 2.45. The molecular weight excluding hydrogens is 302 g/mol. The number of rotatable bonds is 4. The summed E-state index contributed by atoms with van der Waals surface area (Å²) < 4.78 is 1.98. The maximum atomic E-state index is 4.50. The summed E-state index contributed by atoms with van der Waals surface area (Å²) in [6.07, 6.45) is 4.83. The van der Waals surface area contributed by atoms with Crippen LogP contribution in [0.2, 0.25) is 0 Å². The van der Waals surface area contributed by atoms with Gasteiger partial charge in [-0.3, -0.25) is 5.10 Å². The number of aromatic amines is 1. The molecule has 0 aliphatic heterocycles. The summed E-state index contributed by atoms with van der Waals surface area (Å²) in [5, 5.41) is 6.77. The zero-order valence-electron chi connectivity index (χ0n) is 13.1. The fraction of sp³-hybridized carbons (Fsp3) is 0.118. The summed E-state index contributed by atoms with van der Waals surface area (Å²) >= 11 is 0. The smallest absolute Gasteiger partial charge is 0.164 e. The molecule has 0 radical (unpaired) electrons. The summed E-state index contributed by atoms with van der Waals surface area (Å²) in [6.45, 7) is 6.62. The van der Waals surface area contributed by atoms with E-state index in [0.717, 1.165) is 39.4 Å². The molecule has 0 aliphatic carbocycles. The minimum Gasteiger partial charge on any atom is -0.311 e. The monoisotopic (exact) mass is 317 g/mol. The largest absolute Gasteiger partial charge is 0.311 e. The van der Waals surface area contributed by atoms with Crippen LogP contribution >= 0.6 is 0 Å². The average molecular weight is 317 g/mol. The van der Waals surface area contributed by atoms with Crippen molar-refractivity contribution in [2.75, 3.05) is 0 Å². The molecule has 118 valence electrons. The van der Waals surface area contributed by atoms with E-state index in [4.69, 9.17) is 0 Å². The van der Waals surface area contributed by atoms with Crippen LogP contribution in [0.1, 0.15) is 6.92 Å². The molecule has 1 aromatic carbocycles. The molecule has 0 unspecified atom stereocenters. The molecule has 0 spiro atoms. The molecule has 4 aromatic rings. The van der Waals surface area contributed by atoms with Gasteiger partial charge in [-0.05, 0) is 13.0 Å². The third-order valence-electron chi connectivity index (χ3n) is 3.67. The van der Waals surface area contributed by atoms with Gasteiger partial charge in [0.1, 0.15) is 23.9 Å². The highest BCUT2D eigenvalue weighted by molar-refractivity contribution is 5.88. The van der Waals surface area contributed by atoms with Crippen molar-refractivity contribution in [3.8, 4) is 22.6 Å². The molecule has 7 heteroatoms. The van der Waals surface area contributed by atoms with Crippen molar-refractivity contribution < 1.29 is 0 Å². The van der Waals surface area contributed by atoms with E-state index >= 15 is 0 Å². The van der Waals surface area contributed by atoms with Gasteiger partial charge in [0.05, 0.1) is 6.33 Å². The lowest BCUT2D eigenvalue weighted by molar-refractivity contribution is 0.800. The Bertz CT molecular complexity index is 1010. The molecule has 0 saturated carbocycles. The molecular formula is C17H15N7. The van der Waals surface area contributed by atoms with Gasteiger partial charge in [0.15, 0.2) is 11.5 Å². The number of H-pyrrole nitrogens is 1. The van der Waals surface area contributed by atoms with E-state index in [1.165, 1.54) is 6.33 Å². The molecule has 24 heavy (non-hydrogen) atoms. The van der Waals surface area contributed by atoms with E-state index in [9.17, 15) is 0 Å².